The molecule has 0 fully saturated rings. The van der Waals surface area contributed by atoms with Gasteiger partial charge < -0.3 is 5.11 Å². The average molecular weight is 284 g/mol. The highest BCUT2D eigenvalue weighted by atomic mass is 35.5. The standard InChI is InChI=1S/C17H14ClNO/c1-11-5-4-8-14(16(11)18)17(20)15-10-19-9-12-6-2-3-7-13(12)15/h2-10,17,20H,1H3. The lowest BCUT2D eigenvalue weighted by atomic mass is 9.97. The fourth-order valence-electron chi connectivity index (χ4n) is 2.41. The maximum absolute atomic E-state index is 10.7. The Hall–Kier alpha value is -1.90. The number of nitrogens with zero attached hydrogens (tertiary/aromatic N) is 1. The Labute approximate surface area is 122 Å². The maximum atomic E-state index is 10.7. The fourth-order valence-corrected chi connectivity index (χ4v) is 2.64. The zero-order chi connectivity index (χ0) is 14.1. The van der Waals surface area contributed by atoms with Gasteiger partial charge in [0.1, 0.15) is 6.10 Å². The van der Waals surface area contributed by atoms with Crippen LogP contribution in [-0.4, -0.2) is 10.1 Å². The number of benzene rings is 2. The molecule has 0 spiro atoms. The van der Waals surface area contributed by atoms with Gasteiger partial charge in [-0.15, -0.1) is 0 Å². The molecule has 0 saturated carbocycles. The van der Waals surface area contributed by atoms with Gasteiger partial charge >= 0.3 is 0 Å². The van der Waals surface area contributed by atoms with Crippen LogP contribution >= 0.6 is 11.6 Å². The van der Waals surface area contributed by atoms with Crippen LogP contribution in [0.2, 0.25) is 5.02 Å². The van der Waals surface area contributed by atoms with Crippen LogP contribution in [0.4, 0.5) is 0 Å². The number of aliphatic hydroxyl groups excluding tert-OH is 1. The molecule has 0 aliphatic heterocycles. The molecule has 1 N–H and O–H groups in total. The number of aryl methyl sites for hydroxylation is 1. The second kappa shape index (κ2) is 5.23. The maximum Gasteiger partial charge on any atom is 0.108 e. The van der Waals surface area contributed by atoms with E-state index in [9.17, 15) is 5.11 Å². The number of hydrogen-bond donors (Lipinski definition) is 1. The minimum absolute atomic E-state index is 0.605. The van der Waals surface area contributed by atoms with E-state index in [1.54, 1.807) is 12.4 Å². The highest BCUT2D eigenvalue weighted by Crippen LogP contribution is 2.33. The van der Waals surface area contributed by atoms with Crippen LogP contribution in [0, 0.1) is 6.92 Å². The molecule has 3 rings (SSSR count). The van der Waals surface area contributed by atoms with Gasteiger partial charge in [0.05, 0.1) is 0 Å². The third kappa shape index (κ3) is 2.17. The van der Waals surface area contributed by atoms with Crippen molar-refractivity contribution in [2.24, 2.45) is 0 Å². The first kappa shape index (κ1) is 13.1. The van der Waals surface area contributed by atoms with Crippen LogP contribution in [0.1, 0.15) is 22.8 Å². The van der Waals surface area contributed by atoms with Crippen molar-refractivity contribution < 1.29 is 5.11 Å². The van der Waals surface area contributed by atoms with E-state index in [0.29, 0.717) is 10.6 Å². The Morgan fingerprint density at radius 1 is 1.00 bits per heavy atom. The van der Waals surface area contributed by atoms with Crippen LogP contribution < -0.4 is 0 Å². The van der Waals surface area contributed by atoms with Crippen LogP contribution in [0.5, 0.6) is 0 Å². The van der Waals surface area contributed by atoms with E-state index in [1.165, 1.54) is 0 Å². The lowest BCUT2D eigenvalue weighted by Crippen LogP contribution is -2.03. The summed E-state index contributed by atoms with van der Waals surface area (Å²) in [7, 11) is 0. The zero-order valence-electron chi connectivity index (χ0n) is 11.0. The van der Waals surface area contributed by atoms with Gasteiger partial charge in [0, 0.05) is 33.9 Å². The molecule has 1 unspecified atom stereocenters. The Bertz CT molecular complexity index is 765. The minimum Gasteiger partial charge on any atom is -0.384 e. The van der Waals surface area contributed by atoms with E-state index in [-0.39, 0.29) is 0 Å². The number of aromatic nitrogens is 1. The molecule has 0 saturated heterocycles. The van der Waals surface area contributed by atoms with E-state index in [4.69, 9.17) is 11.6 Å². The number of aliphatic hydroxyl groups is 1. The summed E-state index contributed by atoms with van der Waals surface area (Å²) in [5, 5.41) is 13.3. The van der Waals surface area contributed by atoms with Gasteiger partial charge in [0.25, 0.3) is 0 Å². The van der Waals surface area contributed by atoms with E-state index in [0.717, 1.165) is 21.9 Å². The summed E-state index contributed by atoms with van der Waals surface area (Å²) in [6.07, 6.45) is 2.72. The highest BCUT2D eigenvalue weighted by Gasteiger charge is 2.17. The summed E-state index contributed by atoms with van der Waals surface area (Å²) in [6, 6.07) is 13.6. The summed E-state index contributed by atoms with van der Waals surface area (Å²) in [5.74, 6) is 0. The molecular formula is C17H14ClNO. The molecule has 100 valence electrons. The summed E-state index contributed by atoms with van der Waals surface area (Å²) in [5.41, 5.74) is 2.44. The average Bonchev–Trinajstić information content (AvgIpc) is 2.49. The molecule has 3 aromatic rings. The summed E-state index contributed by atoms with van der Waals surface area (Å²) >= 11 is 6.31. The molecule has 1 aromatic heterocycles. The molecule has 0 aliphatic carbocycles. The molecule has 0 radical (unpaired) electrons. The van der Waals surface area contributed by atoms with Gasteiger partial charge in [-0.25, -0.2) is 0 Å². The topological polar surface area (TPSA) is 33.1 Å². The third-order valence-electron chi connectivity index (χ3n) is 3.51. The predicted molar refractivity (Wildman–Crippen MR) is 82.0 cm³/mol. The van der Waals surface area contributed by atoms with E-state index in [2.05, 4.69) is 4.98 Å². The lowest BCUT2D eigenvalue weighted by molar-refractivity contribution is 0.221. The number of rotatable bonds is 2. The summed E-state index contributed by atoms with van der Waals surface area (Å²) in [6.45, 7) is 1.93. The summed E-state index contributed by atoms with van der Waals surface area (Å²) < 4.78 is 0. The van der Waals surface area contributed by atoms with Crippen LogP contribution in [0.15, 0.2) is 54.9 Å². The lowest BCUT2D eigenvalue weighted by Gasteiger charge is -2.16. The molecule has 0 bridgehead atoms. The number of halogens is 1. The zero-order valence-corrected chi connectivity index (χ0v) is 11.8. The van der Waals surface area contributed by atoms with Gasteiger partial charge in [0.2, 0.25) is 0 Å². The number of pyridine rings is 1. The molecule has 0 aliphatic rings. The quantitative estimate of drug-likeness (QED) is 0.761. The van der Waals surface area contributed by atoms with Crippen LogP contribution in [0.25, 0.3) is 10.8 Å². The van der Waals surface area contributed by atoms with E-state index in [1.807, 2.05) is 49.4 Å². The number of fused-ring (bicyclic) bond motifs is 1. The van der Waals surface area contributed by atoms with Crippen LogP contribution in [0.3, 0.4) is 0 Å². The molecule has 2 nitrogen and oxygen atoms in total. The van der Waals surface area contributed by atoms with Gasteiger partial charge in [-0.3, -0.25) is 4.98 Å². The van der Waals surface area contributed by atoms with E-state index < -0.39 is 6.10 Å². The predicted octanol–water partition coefficient (Wildman–Crippen LogP) is 4.28. The van der Waals surface area contributed by atoms with Gasteiger partial charge in [-0.05, 0) is 17.9 Å². The Kier molecular flexibility index (Phi) is 3.43. The first-order valence-electron chi connectivity index (χ1n) is 6.44. The van der Waals surface area contributed by atoms with Gasteiger partial charge in [0.15, 0.2) is 0 Å². The Morgan fingerprint density at radius 2 is 1.80 bits per heavy atom. The van der Waals surface area contributed by atoms with Gasteiger partial charge in [-0.1, -0.05) is 54.1 Å². The van der Waals surface area contributed by atoms with Crippen molar-refractivity contribution in [3.05, 3.63) is 76.6 Å². The molecular weight excluding hydrogens is 270 g/mol. The van der Waals surface area contributed by atoms with Crippen molar-refractivity contribution in [3.63, 3.8) is 0 Å². The Balaban J connectivity index is 2.18. The smallest absolute Gasteiger partial charge is 0.108 e. The second-order valence-electron chi connectivity index (χ2n) is 4.83. The fraction of sp³-hybridized carbons (Fsp3) is 0.118. The second-order valence-corrected chi connectivity index (χ2v) is 5.21. The minimum atomic E-state index is -0.777. The molecule has 1 heterocycles. The highest BCUT2D eigenvalue weighted by molar-refractivity contribution is 6.32. The summed E-state index contributed by atoms with van der Waals surface area (Å²) in [4.78, 5) is 4.21. The normalized spacial score (nSPS) is 12.6. The van der Waals surface area contributed by atoms with Crippen molar-refractivity contribution in [1.29, 1.82) is 0 Å². The van der Waals surface area contributed by atoms with Crippen molar-refractivity contribution in [2.45, 2.75) is 13.0 Å². The van der Waals surface area contributed by atoms with Crippen molar-refractivity contribution in [1.82, 2.24) is 4.98 Å². The monoisotopic (exact) mass is 283 g/mol. The SMILES string of the molecule is Cc1cccc(C(O)c2cncc3ccccc23)c1Cl. The first-order chi connectivity index (χ1) is 9.68. The molecule has 3 heteroatoms. The largest absolute Gasteiger partial charge is 0.384 e. The Morgan fingerprint density at radius 3 is 2.65 bits per heavy atom. The van der Waals surface area contributed by atoms with Gasteiger partial charge in [-0.2, -0.15) is 0 Å². The molecule has 0 amide bonds. The molecule has 20 heavy (non-hydrogen) atoms. The van der Waals surface area contributed by atoms with Crippen molar-refractivity contribution >= 4 is 22.4 Å². The van der Waals surface area contributed by atoms with Crippen molar-refractivity contribution in [3.8, 4) is 0 Å². The molecule has 1 atom stereocenters. The van der Waals surface area contributed by atoms with E-state index >= 15 is 0 Å². The van der Waals surface area contributed by atoms with Crippen LogP contribution in [-0.2, 0) is 0 Å². The first-order valence-corrected chi connectivity index (χ1v) is 6.82. The number of hydrogen-bond acceptors (Lipinski definition) is 2. The third-order valence-corrected chi connectivity index (χ3v) is 4.03. The molecule has 2 aromatic carbocycles. The van der Waals surface area contributed by atoms with Crippen molar-refractivity contribution in [2.75, 3.05) is 0 Å².